The normalized spacial score (nSPS) is 11.2. The Hall–Kier alpha value is -5.14. The van der Waals surface area contributed by atoms with Crippen molar-refractivity contribution in [3.8, 4) is 11.1 Å². The van der Waals surface area contributed by atoms with Gasteiger partial charge >= 0.3 is 24.1 Å². The number of hydrogen-bond acceptors (Lipinski definition) is 6. The van der Waals surface area contributed by atoms with Crippen LogP contribution in [0.2, 0.25) is 0 Å². The molecule has 14 heteroatoms. The van der Waals surface area contributed by atoms with Gasteiger partial charge in [-0.1, -0.05) is 60.7 Å². The summed E-state index contributed by atoms with van der Waals surface area (Å²) < 4.78 is 31.7. The molecule has 3 aromatic rings. The molecule has 0 aliphatic heterocycles. The summed E-state index contributed by atoms with van der Waals surface area (Å²) in [5, 5.41) is 27.4. The Morgan fingerprint density at radius 3 is 2.00 bits per heavy atom. The van der Waals surface area contributed by atoms with Crippen LogP contribution in [0.4, 0.5) is 23.8 Å². The molecule has 0 saturated heterocycles. The van der Waals surface area contributed by atoms with Crippen LogP contribution < -0.4 is 21.3 Å². The molecule has 0 spiro atoms. The Morgan fingerprint density at radius 2 is 1.43 bits per heavy atom. The Kier molecular flexibility index (Phi) is 13.3. The lowest BCUT2D eigenvalue weighted by Gasteiger charge is -2.18. The number of rotatable bonds is 12. The average molecular weight is 590 g/mol. The van der Waals surface area contributed by atoms with Gasteiger partial charge in [-0.3, -0.25) is 9.59 Å². The van der Waals surface area contributed by atoms with Crippen LogP contribution in [0.5, 0.6) is 0 Å². The van der Waals surface area contributed by atoms with Crippen LogP contribution in [-0.4, -0.2) is 64.9 Å². The maximum Gasteiger partial charge on any atom is 0.490 e. The topological polar surface area (TPSA) is 170 Å². The van der Waals surface area contributed by atoms with Crippen LogP contribution >= 0.6 is 0 Å². The predicted octanol–water partition coefficient (Wildman–Crippen LogP) is 3.82. The zero-order valence-corrected chi connectivity index (χ0v) is 22.2. The second-order valence-electron chi connectivity index (χ2n) is 8.61. The number of benzene rings is 2. The standard InChI is InChI=1S/C26H29N5O4.C2HF3O2/c32-24(18-30-26(35)29-16-6-15-28-23-9-4-5-14-27-23)31-22(17-25(33)34)21-12-10-20(11-13-21)19-7-2-1-3-8-19;3-2(4,5)1(6)7/h1-5,7-14,22H,6,15-18H2,(H,27,28)(H,31,32)(H,33,34)(H2,29,30,35);(H,6,7). The van der Waals surface area contributed by atoms with E-state index in [1.54, 1.807) is 18.3 Å². The number of carbonyl (C=O) groups excluding carboxylic acids is 2. The van der Waals surface area contributed by atoms with Crippen LogP contribution in [0, 0.1) is 0 Å². The molecule has 11 nitrogen and oxygen atoms in total. The van der Waals surface area contributed by atoms with E-state index in [0.717, 1.165) is 16.9 Å². The second-order valence-corrected chi connectivity index (χ2v) is 8.61. The third-order valence-electron chi connectivity index (χ3n) is 5.40. The number of halogens is 3. The number of hydrogen-bond donors (Lipinski definition) is 6. The van der Waals surface area contributed by atoms with Crippen molar-refractivity contribution >= 4 is 29.7 Å². The van der Waals surface area contributed by atoms with Crippen molar-refractivity contribution in [1.29, 1.82) is 0 Å². The van der Waals surface area contributed by atoms with E-state index < -0.39 is 36.1 Å². The molecule has 0 fully saturated rings. The lowest BCUT2D eigenvalue weighted by Crippen LogP contribution is -2.43. The van der Waals surface area contributed by atoms with Gasteiger partial charge in [0.25, 0.3) is 0 Å². The lowest BCUT2D eigenvalue weighted by molar-refractivity contribution is -0.192. The van der Waals surface area contributed by atoms with Gasteiger partial charge < -0.3 is 31.5 Å². The molecule has 0 saturated carbocycles. The maximum atomic E-state index is 12.4. The number of carboxylic acid groups (broad SMARTS) is 2. The van der Waals surface area contributed by atoms with E-state index in [2.05, 4.69) is 26.3 Å². The number of amides is 3. The van der Waals surface area contributed by atoms with Gasteiger partial charge in [0.15, 0.2) is 0 Å². The maximum absolute atomic E-state index is 12.4. The summed E-state index contributed by atoms with van der Waals surface area (Å²) in [6.45, 7) is 0.788. The molecule has 0 radical (unpaired) electrons. The Balaban J connectivity index is 0.000000782. The molecule has 2 aromatic carbocycles. The highest BCUT2D eigenvalue weighted by atomic mass is 19.4. The number of nitrogens with one attached hydrogen (secondary N) is 4. The first-order valence-electron chi connectivity index (χ1n) is 12.6. The van der Waals surface area contributed by atoms with Crippen molar-refractivity contribution in [2.24, 2.45) is 0 Å². The molecule has 3 amide bonds. The fourth-order valence-electron chi connectivity index (χ4n) is 3.41. The SMILES string of the molecule is O=C(O)C(F)(F)F.O=C(O)CC(NC(=O)CNC(=O)NCCCNc1ccccn1)c1ccc(-c2ccccc2)cc1. The summed E-state index contributed by atoms with van der Waals surface area (Å²) in [7, 11) is 0. The van der Waals surface area contributed by atoms with E-state index >= 15 is 0 Å². The van der Waals surface area contributed by atoms with Crippen molar-refractivity contribution in [3.05, 3.63) is 84.6 Å². The first kappa shape index (κ1) is 33.1. The minimum atomic E-state index is -5.08. The van der Waals surface area contributed by atoms with Crippen LogP contribution in [0.3, 0.4) is 0 Å². The van der Waals surface area contributed by atoms with Gasteiger partial charge in [0.1, 0.15) is 5.82 Å². The van der Waals surface area contributed by atoms with Crippen molar-refractivity contribution in [2.75, 3.05) is 25.0 Å². The zero-order valence-electron chi connectivity index (χ0n) is 22.2. The summed E-state index contributed by atoms with van der Waals surface area (Å²) in [4.78, 5) is 48.7. The molecule has 0 aliphatic rings. The number of anilines is 1. The van der Waals surface area contributed by atoms with Crippen molar-refractivity contribution in [1.82, 2.24) is 20.9 Å². The first-order chi connectivity index (χ1) is 20.0. The van der Waals surface area contributed by atoms with Crippen molar-refractivity contribution in [2.45, 2.75) is 25.1 Å². The van der Waals surface area contributed by atoms with Gasteiger partial charge in [-0.05, 0) is 35.2 Å². The van der Waals surface area contributed by atoms with Gasteiger partial charge in [-0.15, -0.1) is 0 Å². The molecule has 3 rings (SSSR count). The minimum Gasteiger partial charge on any atom is -0.481 e. The van der Waals surface area contributed by atoms with Gasteiger partial charge in [-0.25, -0.2) is 14.6 Å². The highest BCUT2D eigenvalue weighted by molar-refractivity contribution is 5.84. The summed E-state index contributed by atoms with van der Waals surface area (Å²) >= 11 is 0. The van der Waals surface area contributed by atoms with Crippen LogP contribution in [0.15, 0.2) is 79.0 Å². The Bertz CT molecular complexity index is 1290. The minimum absolute atomic E-state index is 0.268. The highest BCUT2D eigenvalue weighted by Crippen LogP contribution is 2.23. The molecule has 1 atom stereocenters. The quantitative estimate of drug-likeness (QED) is 0.173. The monoisotopic (exact) mass is 589 g/mol. The van der Waals surface area contributed by atoms with E-state index in [-0.39, 0.29) is 13.0 Å². The molecule has 42 heavy (non-hydrogen) atoms. The molecule has 224 valence electrons. The summed E-state index contributed by atoms with van der Waals surface area (Å²) in [6.07, 6.45) is -2.98. The van der Waals surface area contributed by atoms with E-state index in [9.17, 15) is 32.7 Å². The fourth-order valence-corrected chi connectivity index (χ4v) is 3.41. The number of pyridine rings is 1. The van der Waals surface area contributed by atoms with E-state index in [1.807, 2.05) is 60.7 Å². The number of aromatic nitrogens is 1. The van der Waals surface area contributed by atoms with Gasteiger partial charge in [0.05, 0.1) is 19.0 Å². The van der Waals surface area contributed by atoms with Crippen LogP contribution in [0.25, 0.3) is 11.1 Å². The number of aliphatic carboxylic acids is 2. The molecule has 0 bridgehead atoms. The molecule has 1 heterocycles. The molecule has 6 N–H and O–H groups in total. The Labute approximate surface area is 239 Å². The van der Waals surface area contributed by atoms with Crippen LogP contribution in [0.1, 0.15) is 24.4 Å². The molecular formula is C28H30F3N5O6. The van der Waals surface area contributed by atoms with E-state index in [0.29, 0.717) is 25.1 Å². The molecule has 0 aliphatic carbocycles. The predicted molar refractivity (Wildman–Crippen MR) is 147 cm³/mol. The number of nitrogens with zero attached hydrogens (tertiary/aromatic N) is 1. The molecular weight excluding hydrogens is 559 g/mol. The second kappa shape index (κ2) is 16.8. The number of urea groups is 1. The van der Waals surface area contributed by atoms with Crippen LogP contribution in [-0.2, 0) is 14.4 Å². The Morgan fingerprint density at radius 1 is 0.810 bits per heavy atom. The van der Waals surface area contributed by atoms with Crippen molar-refractivity contribution < 1.29 is 42.6 Å². The summed E-state index contributed by atoms with van der Waals surface area (Å²) in [6, 6.07) is 21.6. The molecule has 1 unspecified atom stereocenters. The van der Waals surface area contributed by atoms with E-state index in [1.165, 1.54) is 0 Å². The number of carbonyl (C=O) groups is 4. The zero-order chi connectivity index (χ0) is 31.0. The van der Waals surface area contributed by atoms with E-state index in [4.69, 9.17) is 9.90 Å². The van der Waals surface area contributed by atoms with Crippen molar-refractivity contribution in [3.63, 3.8) is 0 Å². The first-order valence-corrected chi connectivity index (χ1v) is 12.6. The third-order valence-corrected chi connectivity index (χ3v) is 5.40. The highest BCUT2D eigenvalue weighted by Gasteiger charge is 2.38. The number of carboxylic acids is 2. The van der Waals surface area contributed by atoms with Gasteiger partial charge in [-0.2, -0.15) is 13.2 Å². The molecule has 1 aromatic heterocycles. The fraction of sp³-hybridized carbons (Fsp3) is 0.250. The largest absolute Gasteiger partial charge is 0.490 e. The van der Waals surface area contributed by atoms with Gasteiger partial charge in [0.2, 0.25) is 5.91 Å². The smallest absolute Gasteiger partial charge is 0.481 e. The van der Waals surface area contributed by atoms with Gasteiger partial charge in [0, 0.05) is 19.3 Å². The summed E-state index contributed by atoms with van der Waals surface area (Å²) in [5.41, 5.74) is 2.70. The lowest BCUT2D eigenvalue weighted by atomic mass is 9.99. The summed E-state index contributed by atoms with van der Waals surface area (Å²) in [5.74, 6) is -3.51. The third kappa shape index (κ3) is 12.8. The average Bonchev–Trinajstić information content (AvgIpc) is 2.96. The number of alkyl halides is 3.